The minimum atomic E-state index is -0.352. The van der Waals surface area contributed by atoms with Gasteiger partial charge < -0.3 is 4.42 Å². The molecule has 0 amide bonds. The molecular formula is C15H11BrFNO. The molecule has 0 bridgehead atoms. The maximum Gasteiger partial charge on any atom is 0.230 e. The van der Waals surface area contributed by atoms with Gasteiger partial charge in [-0.3, -0.25) is 0 Å². The van der Waals surface area contributed by atoms with Crippen LogP contribution in [0.1, 0.15) is 11.1 Å². The number of fused-ring (bicyclic) bond motifs is 1. The molecule has 0 saturated heterocycles. The van der Waals surface area contributed by atoms with E-state index in [0.717, 1.165) is 16.6 Å². The summed E-state index contributed by atoms with van der Waals surface area (Å²) in [5.41, 5.74) is 4.07. The molecule has 1 heterocycles. The number of hydrogen-bond acceptors (Lipinski definition) is 2. The number of halogens is 2. The van der Waals surface area contributed by atoms with Crippen molar-refractivity contribution < 1.29 is 8.81 Å². The maximum absolute atomic E-state index is 13.9. The summed E-state index contributed by atoms with van der Waals surface area (Å²) >= 11 is 3.23. The zero-order valence-corrected chi connectivity index (χ0v) is 12.1. The van der Waals surface area contributed by atoms with Crippen LogP contribution in [0.4, 0.5) is 4.39 Å². The SMILES string of the molecule is Cc1cc2nc(-c3ccc(Br)cc3F)oc2cc1C. The van der Waals surface area contributed by atoms with Crippen LogP contribution in [-0.2, 0) is 0 Å². The number of aromatic nitrogens is 1. The van der Waals surface area contributed by atoms with Crippen LogP contribution in [0.25, 0.3) is 22.6 Å². The number of nitrogens with zero attached hydrogens (tertiary/aromatic N) is 1. The van der Waals surface area contributed by atoms with Crippen LogP contribution < -0.4 is 0 Å². The molecule has 0 saturated carbocycles. The van der Waals surface area contributed by atoms with Gasteiger partial charge in [-0.2, -0.15) is 0 Å². The standard InChI is InChI=1S/C15H11BrFNO/c1-8-5-13-14(6-9(8)2)19-15(18-13)11-4-3-10(16)7-12(11)17/h3-7H,1-2H3. The molecule has 19 heavy (non-hydrogen) atoms. The molecule has 0 aliphatic heterocycles. The van der Waals surface area contributed by atoms with Crippen LogP contribution in [0.3, 0.4) is 0 Å². The Balaban J connectivity index is 2.20. The Morgan fingerprint density at radius 3 is 2.58 bits per heavy atom. The van der Waals surface area contributed by atoms with E-state index in [9.17, 15) is 4.39 Å². The van der Waals surface area contributed by atoms with Gasteiger partial charge in [0.15, 0.2) is 5.58 Å². The van der Waals surface area contributed by atoms with Crippen molar-refractivity contribution in [2.75, 3.05) is 0 Å². The first kappa shape index (κ1) is 12.4. The fraction of sp³-hybridized carbons (Fsp3) is 0.133. The lowest BCUT2D eigenvalue weighted by Crippen LogP contribution is -1.84. The first-order valence-electron chi connectivity index (χ1n) is 5.88. The summed E-state index contributed by atoms with van der Waals surface area (Å²) in [5, 5.41) is 0. The number of hydrogen-bond donors (Lipinski definition) is 0. The summed E-state index contributed by atoms with van der Waals surface area (Å²) < 4.78 is 20.2. The molecule has 96 valence electrons. The molecule has 3 aromatic rings. The first-order chi connectivity index (χ1) is 9.04. The lowest BCUT2D eigenvalue weighted by atomic mass is 10.1. The van der Waals surface area contributed by atoms with E-state index in [1.807, 2.05) is 26.0 Å². The normalized spacial score (nSPS) is 11.2. The average Bonchev–Trinajstić information content (AvgIpc) is 2.72. The van der Waals surface area contributed by atoms with E-state index in [4.69, 9.17) is 4.42 Å². The molecule has 0 aliphatic rings. The summed E-state index contributed by atoms with van der Waals surface area (Å²) in [5.74, 6) is -0.0422. The van der Waals surface area contributed by atoms with E-state index in [-0.39, 0.29) is 5.82 Å². The van der Waals surface area contributed by atoms with Crippen LogP contribution in [0, 0.1) is 19.7 Å². The molecule has 0 aliphatic carbocycles. The van der Waals surface area contributed by atoms with Gasteiger partial charge in [0.05, 0.1) is 5.56 Å². The zero-order chi connectivity index (χ0) is 13.6. The van der Waals surface area contributed by atoms with Crippen molar-refractivity contribution in [1.82, 2.24) is 4.98 Å². The van der Waals surface area contributed by atoms with E-state index in [2.05, 4.69) is 20.9 Å². The van der Waals surface area contributed by atoms with Crippen LogP contribution in [0.2, 0.25) is 0 Å². The molecule has 0 spiro atoms. The summed E-state index contributed by atoms with van der Waals surface area (Å²) in [7, 11) is 0. The quantitative estimate of drug-likeness (QED) is 0.630. The Morgan fingerprint density at radius 1 is 1.11 bits per heavy atom. The third-order valence-electron chi connectivity index (χ3n) is 3.17. The zero-order valence-electron chi connectivity index (χ0n) is 10.5. The third-order valence-corrected chi connectivity index (χ3v) is 3.66. The molecule has 2 nitrogen and oxygen atoms in total. The van der Waals surface area contributed by atoms with Crippen LogP contribution in [0.5, 0.6) is 0 Å². The van der Waals surface area contributed by atoms with Gasteiger partial charge in [0.2, 0.25) is 5.89 Å². The van der Waals surface area contributed by atoms with Crippen LogP contribution in [0.15, 0.2) is 39.2 Å². The van der Waals surface area contributed by atoms with Gasteiger partial charge in [-0.1, -0.05) is 15.9 Å². The average molecular weight is 320 g/mol. The highest BCUT2D eigenvalue weighted by Crippen LogP contribution is 2.29. The molecule has 0 fully saturated rings. The summed E-state index contributed by atoms with van der Waals surface area (Å²) in [6.45, 7) is 4.03. The Labute approximate surface area is 118 Å². The smallest absolute Gasteiger partial charge is 0.230 e. The maximum atomic E-state index is 13.9. The van der Waals surface area contributed by atoms with E-state index < -0.39 is 0 Å². The molecular weight excluding hydrogens is 309 g/mol. The first-order valence-corrected chi connectivity index (χ1v) is 6.67. The second kappa shape index (κ2) is 4.46. The Morgan fingerprint density at radius 2 is 1.84 bits per heavy atom. The number of rotatable bonds is 1. The number of benzene rings is 2. The highest BCUT2D eigenvalue weighted by molar-refractivity contribution is 9.10. The molecule has 1 aromatic heterocycles. The van der Waals surface area contributed by atoms with Crippen molar-refractivity contribution in [1.29, 1.82) is 0 Å². The van der Waals surface area contributed by atoms with Gasteiger partial charge in [0, 0.05) is 4.47 Å². The highest BCUT2D eigenvalue weighted by atomic mass is 79.9. The van der Waals surface area contributed by atoms with Crippen molar-refractivity contribution in [3.63, 3.8) is 0 Å². The fourth-order valence-corrected chi connectivity index (χ4v) is 2.29. The second-order valence-corrected chi connectivity index (χ2v) is 5.46. The molecule has 4 heteroatoms. The lowest BCUT2D eigenvalue weighted by molar-refractivity contribution is 0.593. The summed E-state index contributed by atoms with van der Waals surface area (Å²) in [6, 6.07) is 8.71. The van der Waals surface area contributed by atoms with Crippen molar-refractivity contribution in [3.8, 4) is 11.5 Å². The van der Waals surface area contributed by atoms with Gasteiger partial charge in [-0.15, -0.1) is 0 Å². The Hall–Kier alpha value is -1.68. The molecule has 0 unspecified atom stereocenters. The monoisotopic (exact) mass is 319 g/mol. The van der Waals surface area contributed by atoms with Crippen LogP contribution in [-0.4, -0.2) is 4.98 Å². The second-order valence-electron chi connectivity index (χ2n) is 4.55. The van der Waals surface area contributed by atoms with Gasteiger partial charge in [-0.05, 0) is 55.3 Å². The van der Waals surface area contributed by atoms with E-state index in [1.54, 1.807) is 12.1 Å². The minimum Gasteiger partial charge on any atom is -0.436 e. The highest BCUT2D eigenvalue weighted by Gasteiger charge is 2.13. The molecule has 0 radical (unpaired) electrons. The minimum absolute atomic E-state index is 0.310. The van der Waals surface area contributed by atoms with Gasteiger partial charge in [0.25, 0.3) is 0 Å². The summed E-state index contributed by atoms with van der Waals surface area (Å²) in [4.78, 5) is 4.35. The summed E-state index contributed by atoms with van der Waals surface area (Å²) in [6.07, 6.45) is 0. The topological polar surface area (TPSA) is 26.0 Å². The Bertz CT molecular complexity index is 740. The molecule has 2 aromatic carbocycles. The van der Waals surface area contributed by atoms with E-state index in [1.165, 1.54) is 6.07 Å². The van der Waals surface area contributed by atoms with Crippen molar-refractivity contribution in [2.24, 2.45) is 0 Å². The third kappa shape index (κ3) is 2.16. The molecule has 0 atom stereocenters. The Kier molecular flexibility index (Phi) is 2.90. The van der Waals surface area contributed by atoms with Gasteiger partial charge >= 0.3 is 0 Å². The molecule has 3 rings (SSSR count). The van der Waals surface area contributed by atoms with E-state index in [0.29, 0.717) is 21.5 Å². The molecule has 0 N–H and O–H groups in total. The van der Waals surface area contributed by atoms with E-state index >= 15 is 0 Å². The lowest BCUT2D eigenvalue weighted by Gasteiger charge is -1.98. The van der Waals surface area contributed by atoms with Gasteiger partial charge in [0.1, 0.15) is 11.3 Å². The van der Waals surface area contributed by atoms with Gasteiger partial charge in [-0.25, -0.2) is 9.37 Å². The number of aryl methyl sites for hydroxylation is 2. The largest absolute Gasteiger partial charge is 0.436 e. The fourth-order valence-electron chi connectivity index (χ4n) is 1.96. The van der Waals surface area contributed by atoms with Crippen molar-refractivity contribution in [3.05, 3.63) is 51.7 Å². The van der Waals surface area contributed by atoms with Crippen molar-refractivity contribution in [2.45, 2.75) is 13.8 Å². The number of oxazole rings is 1. The van der Waals surface area contributed by atoms with Crippen LogP contribution >= 0.6 is 15.9 Å². The predicted octanol–water partition coefficient (Wildman–Crippen LogP) is 5.01. The van der Waals surface area contributed by atoms with Crippen molar-refractivity contribution >= 4 is 27.0 Å². The predicted molar refractivity (Wildman–Crippen MR) is 76.6 cm³/mol.